The number of carbonyl (C=O) groups is 2. The average molecular weight is 557 g/mol. The van der Waals surface area contributed by atoms with E-state index in [1.165, 1.54) is 23.5 Å². The van der Waals surface area contributed by atoms with E-state index in [2.05, 4.69) is 5.32 Å². The van der Waals surface area contributed by atoms with Crippen molar-refractivity contribution < 1.29 is 18.0 Å². The lowest BCUT2D eigenvalue weighted by molar-refractivity contribution is -0.141. The van der Waals surface area contributed by atoms with E-state index in [0.717, 1.165) is 12.0 Å². The molecule has 0 saturated carbocycles. The van der Waals surface area contributed by atoms with Crippen molar-refractivity contribution in [1.82, 2.24) is 14.5 Å². The maximum absolute atomic E-state index is 13.4. The Morgan fingerprint density at radius 1 is 1.00 bits per heavy atom. The third-order valence-electron chi connectivity index (χ3n) is 6.04. The van der Waals surface area contributed by atoms with Gasteiger partial charge in [0.05, 0.1) is 14.9 Å². The summed E-state index contributed by atoms with van der Waals surface area (Å²) in [5.41, 5.74) is 0.747. The van der Waals surface area contributed by atoms with Gasteiger partial charge in [0.2, 0.25) is 21.8 Å². The second-order valence-electron chi connectivity index (χ2n) is 8.76. The molecule has 0 saturated heterocycles. The normalized spacial score (nSPS) is 13.3. The molecular formula is C26H35Cl2N3O4S. The molecule has 198 valence electrons. The number of nitrogens with one attached hydrogen (secondary N) is 1. The van der Waals surface area contributed by atoms with Gasteiger partial charge in [-0.1, -0.05) is 61.3 Å². The fourth-order valence-electron chi connectivity index (χ4n) is 3.68. The molecule has 0 radical (unpaired) electrons. The maximum Gasteiger partial charge on any atom is 0.243 e. The summed E-state index contributed by atoms with van der Waals surface area (Å²) in [6, 6.07) is 12.6. The molecule has 0 bridgehead atoms. The van der Waals surface area contributed by atoms with Crippen molar-refractivity contribution >= 4 is 45.0 Å². The topological polar surface area (TPSA) is 86.8 Å². The van der Waals surface area contributed by atoms with Crippen LogP contribution in [0.3, 0.4) is 0 Å². The van der Waals surface area contributed by atoms with Gasteiger partial charge in [0.15, 0.2) is 0 Å². The van der Waals surface area contributed by atoms with E-state index in [1.807, 2.05) is 20.8 Å². The number of sulfonamides is 1. The third-order valence-corrected chi connectivity index (χ3v) is 8.65. The predicted octanol–water partition coefficient (Wildman–Crippen LogP) is 5.12. The van der Waals surface area contributed by atoms with Gasteiger partial charge < -0.3 is 10.2 Å². The number of hydrogen-bond donors (Lipinski definition) is 1. The molecule has 0 aliphatic heterocycles. The van der Waals surface area contributed by atoms with E-state index in [0.29, 0.717) is 22.9 Å². The van der Waals surface area contributed by atoms with Crippen molar-refractivity contribution in [3.8, 4) is 0 Å². The van der Waals surface area contributed by atoms with Crippen LogP contribution in [0.4, 0.5) is 0 Å². The fourth-order valence-corrected chi connectivity index (χ4v) is 5.24. The van der Waals surface area contributed by atoms with Gasteiger partial charge in [0.1, 0.15) is 6.04 Å². The van der Waals surface area contributed by atoms with Crippen LogP contribution in [0.25, 0.3) is 0 Å². The van der Waals surface area contributed by atoms with Gasteiger partial charge >= 0.3 is 0 Å². The highest BCUT2D eigenvalue weighted by atomic mass is 35.5. The highest BCUT2D eigenvalue weighted by molar-refractivity contribution is 7.89. The van der Waals surface area contributed by atoms with Crippen LogP contribution in [0.15, 0.2) is 53.4 Å². The molecule has 0 aliphatic rings. The molecule has 0 unspecified atom stereocenters. The lowest BCUT2D eigenvalue weighted by atomic mass is 10.1. The highest BCUT2D eigenvalue weighted by Crippen LogP contribution is 2.24. The van der Waals surface area contributed by atoms with E-state index >= 15 is 0 Å². The summed E-state index contributed by atoms with van der Waals surface area (Å²) in [5.74, 6) is -0.457. The number of benzene rings is 2. The van der Waals surface area contributed by atoms with Crippen LogP contribution in [0.5, 0.6) is 0 Å². The van der Waals surface area contributed by atoms with Gasteiger partial charge in [0.25, 0.3) is 0 Å². The second-order valence-corrected chi connectivity index (χ2v) is 11.6. The quantitative estimate of drug-likeness (QED) is 0.371. The first-order valence-corrected chi connectivity index (χ1v) is 14.3. The molecule has 7 nitrogen and oxygen atoms in total. The van der Waals surface area contributed by atoms with Crippen LogP contribution < -0.4 is 5.32 Å². The molecule has 1 N–H and O–H groups in total. The zero-order valence-corrected chi connectivity index (χ0v) is 23.5. The molecule has 2 rings (SSSR count). The molecule has 0 fully saturated rings. The van der Waals surface area contributed by atoms with Gasteiger partial charge in [-0.3, -0.25) is 9.59 Å². The Kier molecular flexibility index (Phi) is 11.7. The minimum Gasteiger partial charge on any atom is -0.352 e. The van der Waals surface area contributed by atoms with Crippen LogP contribution in [0.1, 0.15) is 52.0 Å². The van der Waals surface area contributed by atoms with Crippen molar-refractivity contribution in [3.05, 3.63) is 64.1 Å². The van der Waals surface area contributed by atoms with Crippen molar-refractivity contribution in [2.75, 3.05) is 13.6 Å². The van der Waals surface area contributed by atoms with E-state index < -0.39 is 16.1 Å². The lowest BCUT2D eigenvalue weighted by Gasteiger charge is -2.32. The van der Waals surface area contributed by atoms with Gasteiger partial charge in [-0.05, 0) is 56.0 Å². The van der Waals surface area contributed by atoms with Gasteiger partial charge in [-0.2, -0.15) is 0 Å². The van der Waals surface area contributed by atoms with Crippen LogP contribution in [0, 0.1) is 0 Å². The standard InChI is InChI=1S/C26H35Cl2N3O4S/c1-5-19(3)29-26(33)24(6-2)31(18-20-14-15-22(27)23(28)17-20)25(32)13-10-16-30(4)36(34,35)21-11-8-7-9-12-21/h7-9,11-12,14-15,17,19,24H,5-6,10,13,16,18H2,1-4H3,(H,29,33)/t19-,24+/m0/s1. The summed E-state index contributed by atoms with van der Waals surface area (Å²) < 4.78 is 26.8. The van der Waals surface area contributed by atoms with Crippen LogP contribution >= 0.6 is 23.2 Å². The minimum atomic E-state index is -3.65. The first kappa shape index (κ1) is 30.1. The van der Waals surface area contributed by atoms with Gasteiger partial charge in [-0.15, -0.1) is 0 Å². The first-order valence-electron chi connectivity index (χ1n) is 12.1. The Balaban J connectivity index is 2.17. The van der Waals surface area contributed by atoms with E-state index in [4.69, 9.17) is 23.2 Å². The number of hydrogen-bond acceptors (Lipinski definition) is 4. The summed E-state index contributed by atoms with van der Waals surface area (Å²) in [6.45, 7) is 6.10. The van der Waals surface area contributed by atoms with Crippen molar-refractivity contribution in [3.63, 3.8) is 0 Å². The summed E-state index contributed by atoms with van der Waals surface area (Å²) in [4.78, 5) is 28.2. The van der Waals surface area contributed by atoms with Crippen molar-refractivity contribution in [2.45, 2.75) is 70.0 Å². The van der Waals surface area contributed by atoms with Crippen LogP contribution in [-0.4, -0.2) is 55.1 Å². The molecule has 0 aromatic heterocycles. The van der Waals surface area contributed by atoms with Crippen LogP contribution in [0.2, 0.25) is 10.0 Å². The van der Waals surface area contributed by atoms with Gasteiger partial charge in [0, 0.05) is 32.6 Å². The van der Waals surface area contributed by atoms with Crippen molar-refractivity contribution in [1.29, 1.82) is 0 Å². The second kappa shape index (κ2) is 14.0. The Labute approximate surface area is 224 Å². The molecule has 36 heavy (non-hydrogen) atoms. The largest absolute Gasteiger partial charge is 0.352 e. The monoisotopic (exact) mass is 555 g/mol. The number of carbonyl (C=O) groups excluding carboxylic acids is 2. The number of rotatable bonds is 13. The predicted molar refractivity (Wildman–Crippen MR) is 144 cm³/mol. The minimum absolute atomic E-state index is 0.0229. The lowest BCUT2D eigenvalue weighted by Crippen LogP contribution is -2.50. The highest BCUT2D eigenvalue weighted by Gasteiger charge is 2.29. The molecule has 2 amide bonds. The average Bonchev–Trinajstić information content (AvgIpc) is 2.86. The summed E-state index contributed by atoms with van der Waals surface area (Å²) in [7, 11) is -2.15. The Hall–Kier alpha value is -2.13. The summed E-state index contributed by atoms with van der Waals surface area (Å²) >= 11 is 12.2. The summed E-state index contributed by atoms with van der Waals surface area (Å²) in [5, 5.41) is 3.74. The Morgan fingerprint density at radius 2 is 1.67 bits per heavy atom. The van der Waals surface area contributed by atoms with Gasteiger partial charge in [-0.25, -0.2) is 12.7 Å². The number of halogens is 2. The van der Waals surface area contributed by atoms with E-state index in [-0.39, 0.29) is 42.3 Å². The zero-order valence-electron chi connectivity index (χ0n) is 21.2. The summed E-state index contributed by atoms with van der Waals surface area (Å²) in [6.07, 6.45) is 1.59. The first-order chi connectivity index (χ1) is 17.0. The zero-order chi connectivity index (χ0) is 26.9. The Morgan fingerprint density at radius 3 is 2.25 bits per heavy atom. The molecule has 0 aliphatic carbocycles. The molecule has 10 heteroatoms. The Bertz CT molecular complexity index is 1130. The number of amides is 2. The molecule has 2 aromatic carbocycles. The SMILES string of the molecule is CC[C@H](C(=O)N[C@@H](C)CC)N(Cc1ccc(Cl)c(Cl)c1)C(=O)CCCN(C)S(=O)(=O)c1ccccc1. The molecular weight excluding hydrogens is 521 g/mol. The van der Waals surface area contributed by atoms with E-state index in [9.17, 15) is 18.0 Å². The van der Waals surface area contributed by atoms with E-state index in [1.54, 1.807) is 41.3 Å². The fraction of sp³-hybridized carbons (Fsp3) is 0.462. The maximum atomic E-state index is 13.4. The number of nitrogens with zero attached hydrogens (tertiary/aromatic N) is 2. The molecule has 0 heterocycles. The van der Waals surface area contributed by atoms with Crippen LogP contribution in [-0.2, 0) is 26.2 Å². The smallest absolute Gasteiger partial charge is 0.243 e. The van der Waals surface area contributed by atoms with Crippen molar-refractivity contribution in [2.24, 2.45) is 0 Å². The third kappa shape index (κ3) is 8.20. The molecule has 2 aromatic rings. The molecule has 0 spiro atoms. The molecule has 2 atom stereocenters.